The smallest absolute Gasteiger partial charge is 0.261 e. The number of carbonyl (C=O) groups is 1. The third-order valence-electron chi connectivity index (χ3n) is 2.99. The Morgan fingerprint density at radius 2 is 1.74 bits per heavy atom. The normalized spacial score (nSPS) is 11.1. The summed E-state index contributed by atoms with van der Waals surface area (Å²) in [5.74, 6) is -0.229. The van der Waals surface area contributed by atoms with E-state index in [1.165, 1.54) is 37.3 Å². The van der Waals surface area contributed by atoms with Crippen molar-refractivity contribution in [3.63, 3.8) is 0 Å². The topological polar surface area (TPSA) is 75.3 Å². The van der Waals surface area contributed by atoms with E-state index in [4.69, 9.17) is 23.2 Å². The third kappa shape index (κ3) is 4.37. The number of rotatable bonds is 4. The summed E-state index contributed by atoms with van der Waals surface area (Å²) in [5, 5.41) is 3.23. The summed E-state index contributed by atoms with van der Waals surface area (Å²) in [6, 6.07) is 8.90. The van der Waals surface area contributed by atoms with Crippen molar-refractivity contribution in [3.05, 3.63) is 52.0 Å². The first kappa shape index (κ1) is 17.6. The maximum atomic E-state index is 12.5. The lowest BCUT2D eigenvalue weighted by Gasteiger charge is -2.12. The van der Waals surface area contributed by atoms with Crippen LogP contribution in [0.4, 0.5) is 11.4 Å². The lowest BCUT2D eigenvalue weighted by molar-refractivity contribution is -0.114. The molecule has 0 bridgehead atoms. The number of anilines is 2. The number of hydrogen-bond acceptors (Lipinski definition) is 3. The van der Waals surface area contributed by atoms with Crippen molar-refractivity contribution < 1.29 is 13.2 Å². The second-order valence-electron chi connectivity index (χ2n) is 4.89. The molecule has 23 heavy (non-hydrogen) atoms. The van der Waals surface area contributed by atoms with E-state index in [9.17, 15) is 13.2 Å². The van der Waals surface area contributed by atoms with Gasteiger partial charge in [0, 0.05) is 17.6 Å². The Kier molecular flexibility index (Phi) is 5.19. The van der Waals surface area contributed by atoms with Gasteiger partial charge in [-0.3, -0.25) is 9.52 Å². The predicted octanol–water partition coefficient (Wildman–Crippen LogP) is 4.06. The molecule has 0 fully saturated rings. The van der Waals surface area contributed by atoms with Crippen LogP contribution in [0.15, 0.2) is 41.3 Å². The van der Waals surface area contributed by atoms with Crippen LogP contribution >= 0.6 is 23.2 Å². The fourth-order valence-electron chi connectivity index (χ4n) is 1.91. The second-order valence-corrected chi connectivity index (χ2v) is 7.41. The summed E-state index contributed by atoms with van der Waals surface area (Å²) < 4.78 is 27.3. The average molecular weight is 373 g/mol. The standard InChI is InChI=1S/C15H14Cl2N2O3S/c1-9-7-12(4-6-14(9)18-10(2)20)23(21,22)19-15-8-11(16)3-5-13(15)17/h3-8,19H,1-2H3,(H,18,20). The van der Waals surface area contributed by atoms with Crippen LogP contribution in [0.5, 0.6) is 0 Å². The number of amides is 1. The molecule has 122 valence electrons. The Hall–Kier alpha value is -1.76. The second kappa shape index (κ2) is 6.78. The molecule has 2 aromatic rings. The Morgan fingerprint density at radius 1 is 1.04 bits per heavy atom. The maximum absolute atomic E-state index is 12.5. The molecule has 0 aromatic heterocycles. The van der Waals surface area contributed by atoms with Gasteiger partial charge in [0.2, 0.25) is 5.91 Å². The number of benzene rings is 2. The van der Waals surface area contributed by atoms with Crippen LogP contribution < -0.4 is 10.0 Å². The van der Waals surface area contributed by atoms with Gasteiger partial charge in [-0.25, -0.2) is 8.42 Å². The Labute approximate surface area is 144 Å². The summed E-state index contributed by atoms with van der Waals surface area (Å²) in [6.45, 7) is 3.09. The lowest BCUT2D eigenvalue weighted by Crippen LogP contribution is -2.14. The molecule has 0 saturated heterocycles. The lowest BCUT2D eigenvalue weighted by atomic mass is 10.2. The van der Waals surface area contributed by atoms with Crippen LogP contribution in [0.2, 0.25) is 10.0 Å². The molecule has 0 spiro atoms. The van der Waals surface area contributed by atoms with Gasteiger partial charge >= 0.3 is 0 Å². The molecule has 0 aliphatic rings. The molecule has 0 radical (unpaired) electrons. The first-order chi connectivity index (χ1) is 10.7. The maximum Gasteiger partial charge on any atom is 0.261 e. The minimum absolute atomic E-state index is 0.0557. The van der Waals surface area contributed by atoms with E-state index < -0.39 is 10.0 Å². The largest absolute Gasteiger partial charge is 0.326 e. The minimum atomic E-state index is -3.83. The molecule has 0 unspecified atom stereocenters. The summed E-state index contributed by atoms with van der Waals surface area (Å²) in [7, 11) is -3.83. The molecule has 0 aliphatic heterocycles. The van der Waals surface area contributed by atoms with Gasteiger partial charge in [-0.1, -0.05) is 23.2 Å². The first-order valence-electron chi connectivity index (χ1n) is 6.55. The van der Waals surface area contributed by atoms with Gasteiger partial charge in [0.15, 0.2) is 0 Å². The molecular formula is C15H14Cl2N2O3S. The van der Waals surface area contributed by atoms with E-state index in [-0.39, 0.29) is 21.5 Å². The Balaban J connectivity index is 2.34. The fourth-order valence-corrected chi connectivity index (χ4v) is 3.46. The molecule has 5 nitrogen and oxygen atoms in total. The van der Waals surface area contributed by atoms with E-state index in [1.807, 2.05) is 0 Å². The van der Waals surface area contributed by atoms with Gasteiger partial charge in [-0.05, 0) is 48.9 Å². The number of halogens is 2. The molecule has 0 atom stereocenters. The number of sulfonamides is 1. The van der Waals surface area contributed by atoms with E-state index in [0.29, 0.717) is 16.3 Å². The number of hydrogen-bond donors (Lipinski definition) is 2. The van der Waals surface area contributed by atoms with Gasteiger partial charge in [-0.15, -0.1) is 0 Å². The van der Waals surface area contributed by atoms with Crippen LogP contribution in [0.25, 0.3) is 0 Å². The quantitative estimate of drug-likeness (QED) is 0.849. The van der Waals surface area contributed by atoms with E-state index in [2.05, 4.69) is 10.0 Å². The monoisotopic (exact) mass is 372 g/mol. The number of carbonyl (C=O) groups excluding carboxylic acids is 1. The van der Waals surface area contributed by atoms with Crippen molar-refractivity contribution in [2.45, 2.75) is 18.7 Å². The fraction of sp³-hybridized carbons (Fsp3) is 0.133. The molecule has 1 amide bonds. The van der Waals surface area contributed by atoms with Gasteiger partial charge in [0.05, 0.1) is 15.6 Å². The van der Waals surface area contributed by atoms with Crippen molar-refractivity contribution in [1.29, 1.82) is 0 Å². The summed E-state index contributed by atoms with van der Waals surface area (Å²) >= 11 is 11.8. The SMILES string of the molecule is CC(=O)Nc1ccc(S(=O)(=O)Nc2cc(Cl)ccc2Cl)cc1C. The van der Waals surface area contributed by atoms with Crippen molar-refractivity contribution in [2.75, 3.05) is 10.0 Å². The Morgan fingerprint density at radius 3 is 2.35 bits per heavy atom. The molecular weight excluding hydrogens is 359 g/mol. The highest BCUT2D eigenvalue weighted by molar-refractivity contribution is 7.92. The zero-order valence-corrected chi connectivity index (χ0v) is 14.7. The number of aryl methyl sites for hydroxylation is 1. The van der Waals surface area contributed by atoms with Gasteiger partial charge in [0.25, 0.3) is 10.0 Å². The third-order valence-corrected chi connectivity index (χ3v) is 4.92. The highest BCUT2D eigenvalue weighted by atomic mass is 35.5. The highest BCUT2D eigenvalue weighted by Crippen LogP contribution is 2.28. The zero-order valence-electron chi connectivity index (χ0n) is 12.4. The first-order valence-corrected chi connectivity index (χ1v) is 8.79. The molecule has 0 heterocycles. The van der Waals surface area contributed by atoms with Crippen LogP contribution in [0.3, 0.4) is 0 Å². The molecule has 8 heteroatoms. The average Bonchev–Trinajstić information content (AvgIpc) is 2.44. The molecule has 0 aliphatic carbocycles. The van der Waals surface area contributed by atoms with Crippen molar-refractivity contribution in [1.82, 2.24) is 0 Å². The molecule has 2 aromatic carbocycles. The van der Waals surface area contributed by atoms with Crippen molar-refractivity contribution in [2.24, 2.45) is 0 Å². The van der Waals surface area contributed by atoms with E-state index >= 15 is 0 Å². The molecule has 2 rings (SSSR count). The van der Waals surface area contributed by atoms with E-state index in [0.717, 1.165) is 0 Å². The molecule has 2 N–H and O–H groups in total. The minimum Gasteiger partial charge on any atom is -0.326 e. The van der Waals surface area contributed by atoms with Crippen LogP contribution in [0, 0.1) is 6.92 Å². The van der Waals surface area contributed by atoms with E-state index in [1.54, 1.807) is 13.0 Å². The van der Waals surface area contributed by atoms with Crippen molar-refractivity contribution >= 4 is 50.5 Å². The zero-order chi connectivity index (χ0) is 17.2. The summed E-state index contributed by atoms with van der Waals surface area (Å²) in [6.07, 6.45) is 0. The van der Waals surface area contributed by atoms with Gasteiger partial charge in [0.1, 0.15) is 0 Å². The van der Waals surface area contributed by atoms with Gasteiger partial charge < -0.3 is 5.32 Å². The highest BCUT2D eigenvalue weighted by Gasteiger charge is 2.17. The van der Waals surface area contributed by atoms with Crippen molar-refractivity contribution in [3.8, 4) is 0 Å². The number of nitrogens with one attached hydrogen (secondary N) is 2. The molecule has 0 saturated carbocycles. The van der Waals surface area contributed by atoms with Crippen LogP contribution in [-0.2, 0) is 14.8 Å². The van der Waals surface area contributed by atoms with Gasteiger partial charge in [-0.2, -0.15) is 0 Å². The van der Waals surface area contributed by atoms with Crippen LogP contribution in [-0.4, -0.2) is 14.3 Å². The summed E-state index contributed by atoms with van der Waals surface area (Å²) in [4.78, 5) is 11.1. The Bertz CT molecular complexity index is 867. The summed E-state index contributed by atoms with van der Waals surface area (Å²) in [5.41, 5.74) is 1.38. The predicted molar refractivity (Wildman–Crippen MR) is 92.8 cm³/mol. The van der Waals surface area contributed by atoms with Crippen LogP contribution in [0.1, 0.15) is 12.5 Å².